The van der Waals surface area contributed by atoms with E-state index in [1.54, 1.807) is 13.2 Å². The zero-order valence-corrected chi connectivity index (χ0v) is 20.1. The molecule has 3 aromatic rings. The molecule has 3 aromatic carbocycles. The molecule has 5 heteroatoms. The molecule has 0 saturated heterocycles. The van der Waals surface area contributed by atoms with E-state index in [4.69, 9.17) is 4.74 Å². The summed E-state index contributed by atoms with van der Waals surface area (Å²) < 4.78 is 5.51. The maximum atomic E-state index is 13.5. The number of imide groups is 1. The number of nitrogens with one attached hydrogen (secondary N) is 1. The Kier molecular flexibility index (Phi) is 6.55. The Hall–Kier alpha value is -3.86. The second-order valence-corrected chi connectivity index (χ2v) is 9.40. The molecular formula is C29H30N2O3. The third kappa shape index (κ3) is 4.74. The quantitative estimate of drug-likeness (QED) is 0.484. The van der Waals surface area contributed by atoms with Gasteiger partial charge in [0, 0.05) is 17.8 Å². The number of anilines is 1. The number of hydrogen-bond acceptors (Lipinski definition) is 4. The van der Waals surface area contributed by atoms with E-state index >= 15 is 0 Å². The van der Waals surface area contributed by atoms with Crippen molar-refractivity contribution < 1.29 is 14.3 Å². The van der Waals surface area contributed by atoms with Crippen LogP contribution in [0.4, 0.5) is 5.69 Å². The summed E-state index contributed by atoms with van der Waals surface area (Å²) in [6.07, 6.45) is 0.588. The van der Waals surface area contributed by atoms with Gasteiger partial charge in [-0.05, 0) is 41.2 Å². The smallest absolute Gasteiger partial charge is 0.278 e. The minimum Gasteiger partial charge on any atom is -0.496 e. The van der Waals surface area contributed by atoms with Gasteiger partial charge >= 0.3 is 0 Å². The molecular weight excluding hydrogens is 424 g/mol. The molecule has 1 aliphatic rings. The topological polar surface area (TPSA) is 58.6 Å². The average Bonchev–Trinajstić information content (AvgIpc) is 3.06. The number of methoxy groups -OCH3 is 1. The third-order valence-corrected chi connectivity index (χ3v) is 6.03. The van der Waals surface area contributed by atoms with E-state index in [-0.39, 0.29) is 22.9 Å². The highest BCUT2D eigenvalue weighted by atomic mass is 16.5. The minimum atomic E-state index is -0.332. The van der Waals surface area contributed by atoms with E-state index in [1.165, 1.54) is 10.5 Å². The van der Waals surface area contributed by atoms with Crippen LogP contribution in [-0.2, 0) is 21.4 Å². The van der Waals surface area contributed by atoms with Gasteiger partial charge in [-0.3, -0.25) is 14.5 Å². The van der Waals surface area contributed by atoms with Crippen molar-refractivity contribution in [2.75, 3.05) is 19.0 Å². The maximum Gasteiger partial charge on any atom is 0.278 e. The summed E-state index contributed by atoms with van der Waals surface area (Å²) in [5.74, 6) is -0.105. The normalized spacial score (nSPS) is 14.1. The standard InChI is InChI=1S/C29H30N2O3/c1-29(2,3)21-14-16-22(17-15-21)30-26-25(23-12-8-9-13-24(23)34-4)27(32)31(28(26)33)19-18-20-10-6-5-7-11-20/h5-17,30H,18-19H2,1-4H3. The molecule has 1 N–H and O–H groups in total. The molecule has 34 heavy (non-hydrogen) atoms. The van der Waals surface area contributed by atoms with Crippen molar-refractivity contribution in [3.8, 4) is 5.75 Å². The van der Waals surface area contributed by atoms with E-state index in [2.05, 4.69) is 26.1 Å². The summed E-state index contributed by atoms with van der Waals surface area (Å²) >= 11 is 0. The van der Waals surface area contributed by atoms with Crippen LogP contribution in [0.2, 0.25) is 0 Å². The molecule has 5 nitrogen and oxygen atoms in total. The van der Waals surface area contributed by atoms with Crippen LogP contribution in [-0.4, -0.2) is 30.4 Å². The molecule has 4 rings (SSSR count). The van der Waals surface area contributed by atoms with E-state index in [0.29, 0.717) is 29.9 Å². The van der Waals surface area contributed by atoms with E-state index in [9.17, 15) is 9.59 Å². The summed E-state index contributed by atoms with van der Waals surface area (Å²) in [7, 11) is 1.56. The Morgan fingerprint density at radius 2 is 1.47 bits per heavy atom. The molecule has 1 heterocycles. The van der Waals surface area contributed by atoms with Crippen LogP contribution >= 0.6 is 0 Å². The van der Waals surface area contributed by atoms with E-state index in [0.717, 1.165) is 11.3 Å². The Bertz CT molecular complexity index is 1220. The van der Waals surface area contributed by atoms with Crippen molar-refractivity contribution in [2.24, 2.45) is 0 Å². The first kappa shape index (κ1) is 23.3. The van der Waals surface area contributed by atoms with Crippen molar-refractivity contribution in [3.63, 3.8) is 0 Å². The first-order chi connectivity index (χ1) is 16.3. The van der Waals surface area contributed by atoms with Crippen LogP contribution in [0.25, 0.3) is 5.57 Å². The Morgan fingerprint density at radius 3 is 2.12 bits per heavy atom. The molecule has 0 atom stereocenters. The van der Waals surface area contributed by atoms with Crippen molar-refractivity contribution in [1.82, 2.24) is 4.90 Å². The molecule has 174 valence electrons. The van der Waals surface area contributed by atoms with E-state index in [1.807, 2.05) is 72.8 Å². The van der Waals surface area contributed by atoms with Gasteiger partial charge in [0.2, 0.25) is 0 Å². The first-order valence-corrected chi connectivity index (χ1v) is 11.4. The number of hydrogen-bond donors (Lipinski definition) is 1. The van der Waals surface area contributed by atoms with Crippen molar-refractivity contribution in [2.45, 2.75) is 32.6 Å². The van der Waals surface area contributed by atoms with Crippen molar-refractivity contribution in [3.05, 3.63) is 101 Å². The van der Waals surface area contributed by atoms with Crippen LogP contribution in [0.5, 0.6) is 5.75 Å². The summed E-state index contributed by atoms with van der Waals surface area (Å²) in [5, 5.41) is 3.24. The number of amides is 2. The number of ether oxygens (including phenoxy) is 1. The zero-order chi connectivity index (χ0) is 24.3. The van der Waals surface area contributed by atoms with Crippen LogP contribution < -0.4 is 10.1 Å². The maximum absolute atomic E-state index is 13.5. The molecule has 0 fully saturated rings. The van der Waals surface area contributed by atoms with Gasteiger partial charge in [0.15, 0.2) is 0 Å². The molecule has 0 unspecified atom stereocenters. The largest absolute Gasteiger partial charge is 0.496 e. The molecule has 0 aromatic heterocycles. The van der Waals surface area contributed by atoms with E-state index < -0.39 is 0 Å². The summed E-state index contributed by atoms with van der Waals surface area (Å²) in [4.78, 5) is 28.4. The number of carbonyl (C=O) groups excluding carboxylic acids is 2. The molecule has 0 saturated carbocycles. The second kappa shape index (κ2) is 9.56. The van der Waals surface area contributed by atoms with Crippen LogP contribution in [0.3, 0.4) is 0 Å². The van der Waals surface area contributed by atoms with Gasteiger partial charge in [-0.15, -0.1) is 0 Å². The first-order valence-electron chi connectivity index (χ1n) is 11.4. The SMILES string of the molecule is COc1ccccc1C1=C(Nc2ccc(C(C)(C)C)cc2)C(=O)N(CCc2ccccc2)C1=O. The Labute approximate surface area is 201 Å². The van der Waals surface area contributed by atoms with Gasteiger partial charge in [0.05, 0.1) is 12.7 Å². The van der Waals surface area contributed by atoms with Gasteiger partial charge in [-0.2, -0.15) is 0 Å². The summed E-state index contributed by atoms with van der Waals surface area (Å²) in [6.45, 7) is 6.76. The zero-order valence-electron chi connectivity index (χ0n) is 20.1. The Morgan fingerprint density at radius 1 is 0.824 bits per heavy atom. The lowest BCUT2D eigenvalue weighted by atomic mass is 9.87. The lowest BCUT2D eigenvalue weighted by Crippen LogP contribution is -2.34. The van der Waals surface area contributed by atoms with Gasteiger partial charge in [-0.1, -0.05) is 81.4 Å². The van der Waals surface area contributed by atoms with Crippen molar-refractivity contribution >= 4 is 23.1 Å². The fourth-order valence-electron chi connectivity index (χ4n) is 4.08. The second-order valence-electron chi connectivity index (χ2n) is 9.40. The fraction of sp³-hybridized carbons (Fsp3) is 0.241. The lowest BCUT2D eigenvalue weighted by molar-refractivity contribution is -0.136. The minimum absolute atomic E-state index is 0.0216. The summed E-state index contributed by atoms with van der Waals surface area (Å²) in [6, 6.07) is 25.1. The highest BCUT2D eigenvalue weighted by Gasteiger charge is 2.40. The van der Waals surface area contributed by atoms with Crippen molar-refractivity contribution in [1.29, 1.82) is 0 Å². The third-order valence-electron chi connectivity index (χ3n) is 6.03. The van der Waals surface area contributed by atoms with Crippen LogP contribution in [0.1, 0.15) is 37.5 Å². The molecule has 0 radical (unpaired) electrons. The number of rotatable bonds is 7. The molecule has 1 aliphatic heterocycles. The van der Waals surface area contributed by atoms with Gasteiger partial charge < -0.3 is 10.1 Å². The predicted molar refractivity (Wildman–Crippen MR) is 136 cm³/mol. The highest BCUT2D eigenvalue weighted by Crippen LogP contribution is 2.35. The fourth-order valence-corrected chi connectivity index (χ4v) is 4.08. The van der Waals surface area contributed by atoms with Crippen LogP contribution in [0, 0.1) is 0 Å². The number of para-hydroxylation sites is 1. The highest BCUT2D eigenvalue weighted by molar-refractivity contribution is 6.37. The van der Waals surface area contributed by atoms with Crippen LogP contribution in [0.15, 0.2) is 84.6 Å². The average molecular weight is 455 g/mol. The molecule has 0 spiro atoms. The van der Waals surface area contributed by atoms with Gasteiger partial charge in [-0.25, -0.2) is 0 Å². The predicted octanol–water partition coefficient (Wildman–Crippen LogP) is 5.43. The Balaban J connectivity index is 1.69. The molecule has 0 bridgehead atoms. The number of carbonyl (C=O) groups is 2. The number of benzene rings is 3. The number of nitrogens with zero attached hydrogens (tertiary/aromatic N) is 1. The lowest BCUT2D eigenvalue weighted by Gasteiger charge is -2.19. The van der Waals surface area contributed by atoms with Gasteiger partial charge in [0.1, 0.15) is 11.4 Å². The summed E-state index contributed by atoms with van der Waals surface area (Å²) in [5.41, 5.74) is 4.23. The van der Waals surface area contributed by atoms with Gasteiger partial charge in [0.25, 0.3) is 11.8 Å². The molecule has 2 amide bonds. The molecule has 0 aliphatic carbocycles. The monoisotopic (exact) mass is 454 g/mol.